The van der Waals surface area contributed by atoms with Gasteiger partial charge in [0.05, 0.1) is 17.8 Å². The number of thiazole rings is 1. The molecular formula is C17H13ClN2O4S. The second kappa shape index (κ2) is 7.08. The number of anilines is 1. The Morgan fingerprint density at radius 2 is 2.00 bits per heavy atom. The van der Waals surface area contributed by atoms with Crippen LogP contribution in [0.2, 0.25) is 5.02 Å². The summed E-state index contributed by atoms with van der Waals surface area (Å²) in [7, 11) is 1.29. The molecule has 128 valence electrons. The fraction of sp³-hybridized carbons (Fsp3) is 0.118. The predicted molar refractivity (Wildman–Crippen MR) is 95.3 cm³/mol. The SMILES string of the molecule is COC(=O)c1sc(NC(=O)c2ccc(-c3ccccc3Cl)o2)nc1C. The predicted octanol–water partition coefficient (Wildman–Crippen LogP) is 4.40. The van der Waals surface area contributed by atoms with Crippen molar-refractivity contribution in [2.75, 3.05) is 12.4 Å². The summed E-state index contributed by atoms with van der Waals surface area (Å²) in [6.07, 6.45) is 0. The maximum absolute atomic E-state index is 12.3. The van der Waals surface area contributed by atoms with E-state index in [1.54, 1.807) is 31.2 Å². The maximum Gasteiger partial charge on any atom is 0.350 e. The second-order valence-electron chi connectivity index (χ2n) is 5.02. The summed E-state index contributed by atoms with van der Waals surface area (Å²) in [4.78, 5) is 28.4. The normalized spacial score (nSPS) is 10.5. The number of amides is 1. The Balaban J connectivity index is 1.79. The monoisotopic (exact) mass is 376 g/mol. The number of nitrogens with one attached hydrogen (secondary N) is 1. The van der Waals surface area contributed by atoms with Gasteiger partial charge in [-0.05, 0) is 31.2 Å². The fourth-order valence-corrected chi connectivity index (χ4v) is 3.26. The van der Waals surface area contributed by atoms with E-state index >= 15 is 0 Å². The molecule has 1 amide bonds. The average Bonchev–Trinajstić information content (AvgIpc) is 3.21. The molecule has 0 fully saturated rings. The molecule has 0 bridgehead atoms. The van der Waals surface area contributed by atoms with Crippen molar-refractivity contribution in [1.29, 1.82) is 0 Å². The number of nitrogens with zero attached hydrogens (tertiary/aromatic N) is 1. The van der Waals surface area contributed by atoms with Gasteiger partial charge in [0, 0.05) is 5.56 Å². The van der Waals surface area contributed by atoms with E-state index < -0.39 is 11.9 Å². The molecule has 3 rings (SSSR count). The Kier molecular flexibility index (Phi) is 4.87. The van der Waals surface area contributed by atoms with Gasteiger partial charge in [0.15, 0.2) is 10.9 Å². The number of furan rings is 1. The number of esters is 1. The van der Waals surface area contributed by atoms with Gasteiger partial charge in [-0.1, -0.05) is 35.1 Å². The van der Waals surface area contributed by atoms with E-state index in [0.717, 1.165) is 11.3 Å². The first-order chi connectivity index (χ1) is 12.0. The lowest BCUT2D eigenvalue weighted by Gasteiger charge is -2.00. The Morgan fingerprint density at radius 1 is 1.24 bits per heavy atom. The zero-order valence-electron chi connectivity index (χ0n) is 13.3. The first-order valence-electron chi connectivity index (χ1n) is 7.21. The van der Waals surface area contributed by atoms with E-state index in [0.29, 0.717) is 32.0 Å². The highest BCUT2D eigenvalue weighted by atomic mass is 35.5. The first kappa shape index (κ1) is 17.2. The van der Waals surface area contributed by atoms with Crippen LogP contribution < -0.4 is 5.32 Å². The lowest BCUT2D eigenvalue weighted by molar-refractivity contribution is 0.0605. The number of rotatable bonds is 4. The highest BCUT2D eigenvalue weighted by Crippen LogP contribution is 2.29. The van der Waals surface area contributed by atoms with Crippen LogP contribution in [0, 0.1) is 6.92 Å². The third-order valence-corrected chi connectivity index (χ3v) is 4.74. The van der Waals surface area contributed by atoms with Crippen LogP contribution in [0.1, 0.15) is 25.9 Å². The van der Waals surface area contributed by atoms with Crippen molar-refractivity contribution < 1.29 is 18.7 Å². The molecule has 0 saturated carbocycles. The zero-order valence-corrected chi connectivity index (χ0v) is 14.9. The molecule has 1 aromatic carbocycles. The fourth-order valence-electron chi connectivity index (χ4n) is 2.16. The minimum atomic E-state index is -0.491. The molecule has 2 aromatic heterocycles. The van der Waals surface area contributed by atoms with E-state index in [1.807, 2.05) is 12.1 Å². The number of benzene rings is 1. The van der Waals surface area contributed by atoms with Crippen LogP contribution >= 0.6 is 22.9 Å². The summed E-state index contributed by atoms with van der Waals surface area (Å²) >= 11 is 7.17. The van der Waals surface area contributed by atoms with Gasteiger partial charge < -0.3 is 9.15 Å². The van der Waals surface area contributed by atoms with Gasteiger partial charge in [-0.25, -0.2) is 9.78 Å². The van der Waals surface area contributed by atoms with Gasteiger partial charge in [-0.2, -0.15) is 0 Å². The minimum absolute atomic E-state index is 0.113. The van der Waals surface area contributed by atoms with Crippen LogP contribution in [-0.2, 0) is 4.74 Å². The highest BCUT2D eigenvalue weighted by Gasteiger charge is 2.19. The molecule has 25 heavy (non-hydrogen) atoms. The topological polar surface area (TPSA) is 81.4 Å². The molecule has 0 spiro atoms. The van der Waals surface area contributed by atoms with Crippen LogP contribution in [0.25, 0.3) is 11.3 Å². The molecule has 2 heterocycles. The molecule has 0 saturated heterocycles. The van der Waals surface area contributed by atoms with Gasteiger partial charge in [0.2, 0.25) is 0 Å². The number of hydrogen-bond donors (Lipinski definition) is 1. The van der Waals surface area contributed by atoms with Crippen LogP contribution in [-0.4, -0.2) is 24.0 Å². The lowest BCUT2D eigenvalue weighted by Crippen LogP contribution is -2.10. The van der Waals surface area contributed by atoms with Crippen molar-refractivity contribution in [3.8, 4) is 11.3 Å². The number of hydrogen-bond acceptors (Lipinski definition) is 6. The van der Waals surface area contributed by atoms with Crippen molar-refractivity contribution in [3.05, 3.63) is 57.8 Å². The molecular weight excluding hydrogens is 364 g/mol. The van der Waals surface area contributed by atoms with Crippen LogP contribution in [0.5, 0.6) is 0 Å². The molecule has 3 aromatic rings. The summed E-state index contributed by atoms with van der Waals surface area (Å²) in [5.41, 5.74) is 1.18. The van der Waals surface area contributed by atoms with Gasteiger partial charge in [0.25, 0.3) is 5.91 Å². The molecule has 8 heteroatoms. The van der Waals surface area contributed by atoms with Crippen molar-refractivity contribution in [1.82, 2.24) is 4.98 Å². The highest BCUT2D eigenvalue weighted by molar-refractivity contribution is 7.17. The van der Waals surface area contributed by atoms with Crippen molar-refractivity contribution in [2.24, 2.45) is 0 Å². The Labute approximate surface area is 152 Å². The quantitative estimate of drug-likeness (QED) is 0.682. The summed E-state index contributed by atoms with van der Waals surface area (Å²) in [6, 6.07) is 10.4. The zero-order chi connectivity index (χ0) is 18.0. The van der Waals surface area contributed by atoms with E-state index in [2.05, 4.69) is 15.0 Å². The first-order valence-corrected chi connectivity index (χ1v) is 8.41. The van der Waals surface area contributed by atoms with Gasteiger partial charge in [-0.3, -0.25) is 10.1 Å². The summed E-state index contributed by atoms with van der Waals surface area (Å²) in [5, 5.41) is 3.43. The van der Waals surface area contributed by atoms with Crippen LogP contribution in [0.15, 0.2) is 40.8 Å². The molecule has 1 N–H and O–H groups in total. The molecule has 0 aliphatic heterocycles. The number of halogens is 1. The van der Waals surface area contributed by atoms with E-state index in [1.165, 1.54) is 7.11 Å². The lowest BCUT2D eigenvalue weighted by atomic mass is 10.2. The van der Waals surface area contributed by atoms with E-state index in [9.17, 15) is 9.59 Å². The minimum Gasteiger partial charge on any atom is -0.465 e. The second-order valence-corrected chi connectivity index (χ2v) is 6.43. The average molecular weight is 377 g/mol. The maximum atomic E-state index is 12.3. The standard InChI is InChI=1S/C17H13ClN2O4S/c1-9-14(16(22)23-2)25-17(19-9)20-15(21)13-8-7-12(24-13)10-5-3-4-6-11(10)18/h3-8H,1-2H3,(H,19,20,21). The molecule has 0 radical (unpaired) electrons. The molecule has 6 nitrogen and oxygen atoms in total. The number of carbonyl (C=O) groups excluding carboxylic acids is 2. The Morgan fingerprint density at radius 3 is 2.72 bits per heavy atom. The number of aromatic nitrogens is 1. The third kappa shape index (κ3) is 3.57. The number of aryl methyl sites for hydroxylation is 1. The third-order valence-electron chi connectivity index (χ3n) is 3.36. The van der Waals surface area contributed by atoms with Gasteiger partial charge >= 0.3 is 5.97 Å². The Hall–Kier alpha value is -2.64. The molecule has 0 unspecified atom stereocenters. The van der Waals surface area contributed by atoms with Crippen molar-refractivity contribution >= 4 is 39.9 Å². The van der Waals surface area contributed by atoms with Crippen LogP contribution in [0.3, 0.4) is 0 Å². The van der Waals surface area contributed by atoms with Crippen LogP contribution in [0.4, 0.5) is 5.13 Å². The number of ether oxygens (including phenoxy) is 1. The van der Waals surface area contributed by atoms with Gasteiger partial charge in [-0.15, -0.1) is 0 Å². The Bertz CT molecular complexity index is 948. The van der Waals surface area contributed by atoms with E-state index in [-0.39, 0.29) is 5.76 Å². The largest absolute Gasteiger partial charge is 0.465 e. The number of carbonyl (C=O) groups is 2. The van der Waals surface area contributed by atoms with Crippen molar-refractivity contribution in [3.63, 3.8) is 0 Å². The summed E-state index contributed by atoms with van der Waals surface area (Å²) < 4.78 is 10.3. The molecule has 0 atom stereocenters. The van der Waals surface area contributed by atoms with Crippen molar-refractivity contribution in [2.45, 2.75) is 6.92 Å². The molecule has 0 aliphatic rings. The summed E-state index contributed by atoms with van der Waals surface area (Å²) in [5.74, 6) is -0.360. The van der Waals surface area contributed by atoms with Gasteiger partial charge in [0.1, 0.15) is 10.6 Å². The molecule has 0 aliphatic carbocycles. The van der Waals surface area contributed by atoms with E-state index in [4.69, 9.17) is 16.0 Å². The number of methoxy groups -OCH3 is 1. The summed E-state index contributed by atoms with van der Waals surface area (Å²) in [6.45, 7) is 1.67. The smallest absolute Gasteiger partial charge is 0.350 e.